The van der Waals surface area contributed by atoms with Crippen molar-refractivity contribution in [1.82, 2.24) is 25.7 Å². The van der Waals surface area contributed by atoms with Gasteiger partial charge in [0, 0.05) is 35.4 Å². The van der Waals surface area contributed by atoms with E-state index < -0.39 is 0 Å². The van der Waals surface area contributed by atoms with Crippen molar-refractivity contribution in [3.8, 4) is 28.1 Å². The number of aromatic hydroxyl groups is 1. The van der Waals surface area contributed by atoms with Crippen LogP contribution in [0.4, 0.5) is 5.82 Å². The number of aromatic nitrogens is 4. The predicted molar refractivity (Wildman–Crippen MR) is 103 cm³/mol. The molecule has 7 nitrogen and oxygen atoms in total. The lowest BCUT2D eigenvalue weighted by atomic mass is 10.00. The largest absolute Gasteiger partial charge is 0.507 e. The van der Waals surface area contributed by atoms with Crippen LogP contribution in [0.1, 0.15) is 25.7 Å². The van der Waals surface area contributed by atoms with Gasteiger partial charge in [-0.3, -0.25) is 5.10 Å². The summed E-state index contributed by atoms with van der Waals surface area (Å²) in [7, 11) is 0. The molecule has 2 bridgehead atoms. The monoisotopic (exact) mass is 362 g/mol. The smallest absolute Gasteiger partial charge is 0.148 e. The second-order valence-corrected chi connectivity index (χ2v) is 7.47. The molecule has 0 amide bonds. The van der Waals surface area contributed by atoms with Crippen LogP contribution >= 0.6 is 0 Å². The molecule has 5 rings (SSSR count). The third kappa shape index (κ3) is 3.26. The molecule has 7 heteroatoms. The summed E-state index contributed by atoms with van der Waals surface area (Å²) in [5.74, 6) is 0.971. The fourth-order valence-electron chi connectivity index (χ4n) is 4.27. The van der Waals surface area contributed by atoms with E-state index in [0.29, 0.717) is 29.4 Å². The Morgan fingerprint density at radius 3 is 2.52 bits per heavy atom. The lowest BCUT2D eigenvalue weighted by Gasteiger charge is -2.29. The van der Waals surface area contributed by atoms with E-state index in [0.717, 1.165) is 29.8 Å². The van der Waals surface area contributed by atoms with E-state index in [1.54, 1.807) is 18.5 Å². The second kappa shape index (κ2) is 6.66. The van der Waals surface area contributed by atoms with Crippen molar-refractivity contribution in [3.63, 3.8) is 0 Å². The lowest BCUT2D eigenvalue weighted by molar-refractivity contribution is 0.377. The number of hydrogen-bond donors (Lipinski definition) is 4. The molecule has 2 unspecified atom stereocenters. The fraction of sp³-hybridized carbons (Fsp3) is 0.350. The Balaban J connectivity index is 1.31. The lowest BCUT2D eigenvalue weighted by Crippen LogP contribution is -2.43. The third-order valence-electron chi connectivity index (χ3n) is 5.59. The number of nitrogens with one attached hydrogen (secondary N) is 3. The van der Waals surface area contributed by atoms with E-state index in [2.05, 4.69) is 31.0 Å². The van der Waals surface area contributed by atoms with Crippen molar-refractivity contribution in [2.45, 2.75) is 43.8 Å². The highest BCUT2D eigenvalue weighted by Crippen LogP contribution is 2.32. The first kappa shape index (κ1) is 16.3. The van der Waals surface area contributed by atoms with Gasteiger partial charge in [-0.25, -0.2) is 0 Å². The Labute approximate surface area is 157 Å². The average Bonchev–Trinajstić information content (AvgIpc) is 3.32. The minimum absolute atomic E-state index is 0.179. The molecule has 1 aromatic carbocycles. The maximum Gasteiger partial charge on any atom is 0.148 e. The van der Waals surface area contributed by atoms with Gasteiger partial charge in [-0.1, -0.05) is 6.07 Å². The number of rotatable bonds is 4. The van der Waals surface area contributed by atoms with Gasteiger partial charge in [0.05, 0.1) is 11.9 Å². The van der Waals surface area contributed by atoms with Gasteiger partial charge < -0.3 is 15.7 Å². The molecule has 138 valence electrons. The molecule has 0 spiro atoms. The van der Waals surface area contributed by atoms with E-state index in [9.17, 15) is 5.11 Å². The summed E-state index contributed by atoms with van der Waals surface area (Å²) >= 11 is 0. The Morgan fingerprint density at radius 1 is 1.00 bits per heavy atom. The standard InChI is InChI=1S/C20H22N6O/c27-19-7-12(13-10-21-22-11-13)1-4-17(19)18-5-6-20(26-25-18)24-16-8-14-2-3-15(9-16)23-14/h1,4-7,10-11,14-16,23,27H,2-3,8-9H2,(H,21,22)(H,24,26). The van der Waals surface area contributed by atoms with Crippen LogP contribution in [0.5, 0.6) is 5.75 Å². The Hall–Kier alpha value is -2.93. The summed E-state index contributed by atoms with van der Waals surface area (Å²) < 4.78 is 0. The zero-order chi connectivity index (χ0) is 18.2. The van der Waals surface area contributed by atoms with Crippen molar-refractivity contribution >= 4 is 5.82 Å². The quantitative estimate of drug-likeness (QED) is 0.570. The molecular weight excluding hydrogens is 340 g/mol. The number of H-pyrrole nitrogens is 1. The summed E-state index contributed by atoms with van der Waals surface area (Å²) in [6.45, 7) is 0. The van der Waals surface area contributed by atoms with Crippen LogP contribution < -0.4 is 10.6 Å². The number of nitrogens with zero attached hydrogens (tertiary/aromatic N) is 3. The van der Waals surface area contributed by atoms with Crippen LogP contribution in [-0.2, 0) is 0 Å². The molecule has 2 aliphatic rings. The van der Waals surface area contributed by atoms with E-state index in [-0.39, 0.29) is 5.75 Å². The number of benzene rings is 1. The van der Waals surface area contributed by atoms with Gasteiger partial charge in [0.15, 0.2) is 0 Å². The molecule has 27 heavy (non-hydrogen) atoms. The SMILES string of the molecule is Oc1cc(-c2cn[nH]c2)ccc1-c1ccc(NC2CC3CCC(C2)N3)nn1. The number of piperidine rings is 1. The maximum atomic E-state index is 10.4. The predicted octanol–water partition coefficient (Wildman–Crippen LogP) is 2.93. The van der Waals surface area contributed by atoms with Gasteiger partial charge in [-0.05, 0) is 55.5 Å². The van der Waals surface area contributed by atoms with Crippen LogP contribution in [0.2, 0.25) is 0 Å². The van der Waals surface area contributed by atoms with Gasteiger partial charge >= 0.3 is 0 Å². The van der Waals surface area contributed by atoms with Crippen LogP contribution in [-0.4, -0.2) is 43.6 Å². The van der Waals surface area contributed by atoms with Gasteiger partial charge in [0.1, 0.15) is 11.6 Å². The summed E-state index contributed by atoms with van der Waals surface area (Å²) in [6, 6.07) is 11.1. The Morgan fingerprint density at radius 2 is 1.85 bits per heavy atom. The Bertz CT molecular complexity index is 912. The van der Waals surface area contributed by atoms with Gasteiger partial charge in [-0.15, -0.1) is 10.2 Å². The van der Waals surface area contributed by atoms with Crippen molar-refractivity contribution in [2.75, 3.05) is 5.32 Å². The molecule has 2 fully saturated rings. The summed E-state index contributed by atoms with van der Waals surface area (Å²) in [4.78, 5) is 0. The molecule has 0 saturated carbocycles. The van der Waals surface area contributed by atoms with Crippen LogP contribution in [0, 0.1) is 0 Å². The minimum atomic E-state index is 0.179. The molecular formula is C20H22N6O. The van der Waals surface area contributed by atoms with E-state index in [1.165, 1.54) is 12.8 Å². The number of aromatic amines is 1. The fourth-order valence-corrected chi connectivity index (χ4v) is 4.27. The van der Waals surface area contributed by atoms with Crippen molar-refractivity contribution in [3.05, 3.63) is 42.7 Å². The van der Waals surface area contributed by atoms with Crippen molar-refractivity contribution in [1.29, 1.82) is 0 Å². The third-order valence-corrected chi connectivity index (χ3v) is 5.59. The van der Waals surface area contributed by atoms with E-state index in [4.69, 9.17) is 0 Å². The summed E-state index contributed by atoms with van der Waals surface area (Å²) in [6.07, 6.45) is 8.35. The molecule has 4 heterocycles. The highest BCUT2D eigenvalue weighted by Gasteiger charge is 2.33. The second-order valence-electron chi connectivity index (χ2n) is 7.47. The maximum absolute atomic E-state index is 10.4. The first-order valence-electron chi connectivity index (χ1n) is 9.43. The van der Waals surface area contributed by atoms with Gasteiger partial charge in [0.25, 0.3) is 0 Å². The molecule has 0 aliphatic carbocycles. The van der Waals surface area contributed by atoms with Crippen LogP contribution in [0.15, 0.2) is 42.7 Å². The molecule has 3 aromatic rings. The highest BCUT2D eigenvalue weighted by atomic mass is 16.3. The zero-order valence-electron chi connectivity index (χ0n) is 14.9. The highest BCUT2D eigenvalue weighted by molar-refractivity contribution is 5.73. The number of anilines is 1. The van der Waals surface area contributed by atoms with E-state index >= 15 is 0 Å². The van der Waals surface area contributed by atoms with Gasteiger partial charge in [0.2, 0.25) is 0 Å². The molecule has 2 atom stereocenters. The number of fused-ring (bicyclic) bond motifs is 2. The number of hydrogen-bond acceptors (Lipinski definition) is 6. The summed E-state index contributed by atoms with van der Waals surface area (Å²) in [5.41, 5.74) is 3.15. The minimum Gasteiger partial charge on any atom is -0.507 e. The van der Waals surface area contributed by atoms with Crippen LogP contribution in [0.3, 0.4) is 0 Å². The Kier molecular flexibility index (Phi) is 4.01. The van der Waals surface area contributed by atoms with E-state index in [1.807, 2.05) is 24.3 Å². The van der Waals surface area contributed by atoms with Crippen molar-refractivity contribution in [2.24, 2.45) is 0 Å². The number of phenolic OH excluding ortho intramolecular Hbond substituents is 1. The normalized spacial score (nSPS) is 24.1. The molecule has 2 aliphatic heterocycles. The summed E-state index contributed by atoms with van der Waals surface area (Å²) in [5, 5.41) is 32.9. The molecule has 2 aromatic heterocycles. The molecule has 0 radical (unpaired) electrons. The molecule has 2 saturated heterocycles. The zero-order valence-corrected chi connectivity index (χ0v) is 14.9. The molecule has 4 N–H and O–H groups in total. The number of phenols is 1. The first-order chi connectivity index (χ1) is 13.2. The van der Waals surface area contributed by atoms with Crippen LogP contribution in [0.25, 0.3) is 22.4 Å². The van der Waals surface area contributed by atoms with Crippen molar-refractivity contribution < 1.29 is 5.11 Å². The topological polar surface area (TPSA) is 98.8 Å². The first-order valence-corrected chi connectivity index (χ1v) is 9.43. The van der Waals surface area contributed by atoms with Gasteiger partial charge in [-0.2, -0.15) is 5.10 Å². The average molecular weight is 362 g/mol.